The van der Waals surface area contributed by atoms with Gasteiger partial charge in [-0.25, -0.2) is 0 Å². The number of aromatic nitrogens is 1. The predicted octanol–water partition coefficient (Wildman–Crippen LogP) is 5.70. The molecule has 0 spiro atoms. The summed E-state index contributed by atoms with van der Waals surface area (Å²) in [6, 6.07) is 9.92. The summed E-state index contributed by atoms with van der Waals surface area (Å²) in [5.41, 5.74) is -0.568. The number of aromatic amines is 1. The summed E-state index contributed by atoms with van der Waals surface area (Å²) in [4.78, 5) is 13.8. The number of ether oxygens (including phenoxy) is 2. The quantitative estimate of drug-likeness (QED) is 0.479. The second-order valence-corrected chi connectivity index (χ2v) is 6.24. The molecule has 1 heterocycles. The van der Waals surface area contributed by atoms with Crippen LogP contribution in [0.5, 0.6) is 17.2 Å². The number of halogens is 6. The van der Waals surface area contributed by atoms with Crippen LogP contribution in [0.1, 0.15) is 11.1 Å². The minimum atomic E-state index is -4.87. The van der Waals surface area contributed by atoms with Gasteiger partial charge in [0.25, 0.3) is 0 Å². The molecule has 0 bridgehead atoms. The molecule has 1 aromatic heterocycles. The van der Waals surface area contributed by atoms with Gasteiger partial charge < -0.3 is 19.8 Å². The Morgan fingerprint density at radius 3 is 2.16 bits per heavy atom. The molecule has 0 saturated carbocycles. The minimum absolute atomic E-state index is 0.00579. The van der Waals surface area contributed by atoms with Gasteiger partial charge in [0.1, 0.15) is 17.2 Å². The highest BCUT2D eigenvalue weighted by Gasteiger charge is 2.32. The maximum absolute atomic E-state index is 13.1. The van der Waals surface area contributed by atoms with Gasteiger partial charge in [-0.2, -0.15) is 13.2 Å². The van der Waals surface area contributed by atoms with E-state index < -0.39 is 23.9 Å². The summed E-state index contributed by atoms with van der Waals surface area (Å²) in [7, 11) is 0. The Labute approximate surface area is 171 Å². The Bertz CT molecular complexity index is 1090. The standard InChI is InChI=1S/C20H14F6N2O3/c21-19(22,23)13-2-1-12(11-28-14-7-8-27-18(29)10-14)17(9-13)30-15-3-5-16(6-4-15)31-20(24,25)26/h1-10H,11H2,(H2,27,28,29). The van der Waals surface area contributed by atoms with Gasteiger partial charge in [-0.1, -0.05) is 6.07 Å². The van der Waals surface area contributed by atoms with Gasteiger partial charge in [-0.3, -0.25) is 4.79 Å². The molecule has 2 aromatic carbocycles. The summed E-state index contributed by atoms with van der Waals surface area (Å²) in [6.07, 6.45) is -8.10. The minimum Gasteiger partial charge on any atom is -0.457 e. The molecule has 0 fully saturated rings. The van der Waals surface area contributed by atoms with E-state index in [1.807, 2.05) is 0 Å². The van der Waals surface area contributed by atoms with Gasteiger partial charge in [0.15, 0.2) is 0 Å². The molecule has 0 aliphatic carbocycles. The van der Waals surface area contributed by atoms with Crippen LogP contribution in [0.15, 0.2) is 65.6 Å². The molecule has 0 saturated heterocycles. The lowest BCUT2D eigenvalue weighted by atomic mass is 10.1. The smallest absolute Gasteiger partial charge is 0.457 e. The van der Waals surface area contributed by atoms with E-state index in [1.54, 1.807) is 6.07 Å². The molecular weight excluding hydrogens is 430 g/mol. The number of alkyl halides is 6. The molecule has 164 valence electrons. The highest BCUT2D eigenvalue weighted by Crippen LogP contribution is 2.35. The van der Waals surface area contributed by atoms with Gasteiger partial charge in [0, 0.05) is 30.1 Å². The van der Waals surface area contributed by atoms with Crippen molar-refractivity contribution in [1.82, 2.24) is 4.98 Å². The Morgan fingerprint density at radius 2 is 1.55 bits per heavy atom. The Hall–Kier alpha value is -3.63. The number of pyridine rings is 1. The van der Waals surface area contributed by atoms with E-state index in [2.05, 4.69) is 15.0 Å². The van der Waals surface area contributed by atoms with Gasteiger partial charge in [-0.05, 0) is 42.5 Å². The Balaban J connectivity index is 1.84. The van der Waals surface area contributed by atoms with Crippen LogP contribution in [-0.4, -0.2) is 11.3 Å². The zero-order chi connectivity index (χ0) is 22.6. The average Bonchev–Trinajstić information content (AvgIpc) is 2.67. The molecular formula is C20H14F6N2O3. The first-order valence-electron chi connectivity index (χ1n) is 8.66. The van der Waals surface area contributed by atoms with Gasteiger partial charge >= 0.3 is 12.5 Å². The Kier molecular flexibility index (Phi) is 6.14. The van der Waals surface area contributed by atoms with Gasteiger partial charge in [0.05, 0.1) is 5.56 Å². The lowest BCUT2D eigenvalue weighted by Crippen LogP contribution is -2.16. The van der Waals surface area contributed by atoms with Crippen molar-refractivity contribution >= 4 is 5.69 Å². The van der Waals surface area contributed by atoms with Crippen LogP contribution in [0.3, 0.4) is 0 Å². The number of hydrogen-bond acceptors (Lipinski definition) is 4. The summed E-state index contributed by atoms with van der Waals surface area (Å²) >= 11 is 0. The molecule has 11 heteroatoms. The van der Waals surface area contributed by atoms with E-state index in [9.17, 15) is 31.1 Å². The van der Waals surface area contributed by atoms with Crippen LogP contribution in [0, 0.1) is 0 Å². The lowest BCUT2D eigenvalue weighted by Gasteiger charge is -2.16. The zero-order valence-corrected chi connectivity index (χ0v) is 15.5. The molecule has 0 aliphatic heterocycles. The number of rotatable bonds is 6. The number of benzene rings is 2. The highest BCUT2D eigenvalue weighted by molar-refractivity contribution is 5.47. The SMILES string of the molecule is O=c1cc(NCc2ccc(C(F)(F)F)cc2Oc2ccc(OC(F)(F)F)cc2)cc[nH]1. The highest BCUT2D eigenvalue weighted by atomic mass is 19.4. The van der Waals surface area contributed by atoms with Crippen molar-refractivity contribution in [1.29, 1.82) is 0 Å². The third-order valence-corrected chi connectivity index (χ3v) is 3.94. The molecule has 0 radical (unpaired) electrons. The Morgan fingerprint density at radius 1 is 0.871 bits per heavy atom. The summed E-state index contributed by atoms with van der Waals surface area (Å²) in [6.45, 7) is 0.0200. The van der Waals surface area contributed by atoms with E-state index in [0.29, 0.717) is 11.3 Å². The van der Waals surface area contributed by atoms with Crippen LogP contribution in [0.4, 0.5) is 32.0 Å². The van der Waals surface area contributed by atoms with E-state index in [4.69, 9.17) is 4.74 Å². The molecule has 3 aromatic rings. The van der Waals surface area contributed by atoms with Crippen LogP contribution < -0.4 is 20.3 Å². The molecule has 0 aliphatic rings. The maximum Gasteiger partial charge on any atom is 0.573 e. The van der Waals surface area contributed by atoms with Gasteiger partial charge in [-0.15, -0.1) is 13.2 Å². The van der Waals surface area contributed by atoms with Crippen molar-refractivity contribution in [3.8, 4) is 17.2 Å². The van der Waals surface area contributed by atoms with Gasteiger partial charge in [0.2, 0.25) is 5.56 Å². The fraction of sp³-hybridized carbons (Fsp3) is 0.150. The molecule has 0 unspecified atom stereocenters. The monoisotopic (exact) mass is 444 g/mol. The zero-order valence-electron chi connectivity index (χ0n) is 15.5. The van der Waals surface area contributed by atoms with Crippen molar-refractivity contribution in [3.63, 3.8) is 0 Å². The summed E-state index contributed by atoms with van der Waals surface area (Å²) in [5, 5.41) is 2.89. The average molecular weight is 444 g/mol. The molecule has 0 amide bonds. The van der Waals surface area contributed by atoms with E-state index in [0.717, 1.165) is 36.4 Å². The topological polar surface area (TPSA) is 63.4 Å². The molecule has 2 N–H and O–H groups in total. The van der Waals surface area contributed by atoms with Crippen molar-refractivity contribution in [2.24, 2.45) is 0 Å². The van der Waals surface area contributed by atoms with E-state index in [1.165, 1.54) is 18.3 Å². The maximum atomic E-state index is 13.1. The third kappa shape index (κ3) is 6.43. The fourth-order valence-electron chi connectivity index (χ4n) is 2.56. The predicted molar refractivity (Wildman–Crippen MR) is 99.0 cm³/mol. The van der Waals surface area contributed by atoms with Crippen molar-refractivity contribution < 1.29 is 35.8 Å². The first-order chi connectivity index (χ1) is 14.5. The van der Waals surface area contributed by atoms with E-state index in [-0.39, 0.29) is 23.6 Å². The molecule has 31 heavy (non-hydrogen) atoms. The van der Waals surface area contributed by atoms with Crippen molar-refractivity contribution in [3.05, 3.63) is 82.3 Å². The molecule has 0 atom stereocenters. The third-order valence-electron chi connectivity index (χ3n) is 3.94. The van der Waals surface area contributed by atoms with Crippen LogP contribution in [-0.2, 0) is 12.7 Å². The molecule has 5 nitrogen and oxygen atoms in total. The summed E-state index contributed by atoms with van der Waals surface area (Å²) in [5.74, 6) is -0.650. The van der Waals surface area contributed by atoms with Crippen molar-refractivity contribution in [2.75, 3.05) is 5.32 Å². The lowest BCUT2D eigenvalue weighted by molar-refractivity contribution is -0.274. The second kappa shape index (κ2) is 8.62. The first-order valence-corrected chi connectivity index (χ1v) is 8.66. The fourth-order valence-corrected chi connectivity index (χ4v) is 2.56. The number of nitrogens with one attached hydrogen (secondary N) is 2. The molecule has 3 rings (SSSR count). The van der Waals surface area contributed by atoms with Crippen LogP contribution in [0.2, 0.25) is 0 Å². The normalized spacial score (nSPS) is 11.8. The first kappa shape index (κ1) is 22.1. The van der Waals surface area contributed by atoms with E-state index >= 15 is 0 Å². The van der Waals surface area contributed by atoms with Crippen LogP contribution >= 0.6 is 0 Å². The number of anilines is 1. The number of H-pyrrole nitrogens is 1. The summed E-state index contributed by atoms with van der Waals surface area (Å²) < 4.78 is 85.4. The van der Waals surface area contributed by atoms with Crippen molar-refractivity contribution in [2.45, 2.75) is 19.1 Å². The largest absolute Gasteiger partial charge is 0.573 e. The second-order valence-electron chi connectivity index (χ2n) is 6.24. The van der Waals surface area contributed by atoms with Crippen LogP contribution in [0.25, 0.3) is 0 Å². The number of hydrogen-bond donors (Lipinski definition) is 2.